The topological polar surface area (TPSA) is 74.6 Å². The number of aromatic carboxylic acids is 2. The Balaban J connectivity index is 2.93. The molecule has 0 aliphatic carbocycles. The predicted octanol–water partition coefficient (Wildman–Crippen LogP) is 5.96. The Bertz CT molecular complexity index is 590. The molecule has 0 saturated heterocycles. The molecule has 1 aromatic rings. The highest BCUT2D eigenvalue weighted by molar-refractivity contribution is 5.95. The van der Waals surface area contributed by atoms with Crippen molar-refractivity contribution >= 4 is 11.9 Å². The second-order valence-corrected chi connectivity index (χ2v) is 7.53. The average molecular weight is 363 g/mol. The molecule has 4 nitrogen and oxygen atoms in total. The molecule has 0 saturated carbocycles. The number of benzene rings is 1. The maximum absolute atomic E-state index is 11.6. The number of hydrogen-bond acceptors (Lipinski definition) is 2. The summed E-state index contributed by atoms with van der Waals surface area (Å²) in [4.78, 5) is 23.3. The van der Waals surface area contributed by atoms with E-state index in [0.717, 1.165) is 49.7 Å². The lowest BCUT2D eigenvalue weighted by Gasteiger charge is -2.16. The third kappa shape index (κ3) is 7.19. The molecule has 2 N–H and O–H groups in total. The molecule has 26 heavy (non-hydrogen) atoms. The number of carboxylic acid groups (broad SMARTS) is 2. The van der Waals surface area contributed by atoms with Gasteiger partial charge >= 0.3 is 11.9 Å². The van der Waals surface area contributed by atoms with E-state index in [1.165, 1.54) is 25.0 Å². The van der Waals surface area contributed by atoms with E-state index >= 15 is 0 Å². The van der Waals surface area contributed by atoms with Crippen molar-refractivity contribution in [2.45, 2.75) is 85.0 Å². The van der Waals surface area contributed by atoms with Gasteiger partial charge in [0, 0.05) is 0 Å². The fourth-order valence-electron chi connectivity index (χ4n) is 3.42. The van der Waals surface area contributed by atoms with Gasteiger partial charge in [0.15, 0.2) is 0 Å². The molecule has 0 spiro atoms. The van der Waals surface area contributed by atoms with Crippen molar-refractivity contribution in [1.29, 1.82) is 0 Å². The fraction of sp³-hybridized carbons (Fsp3) is 0.636. The predicted molar refractivity (Wildman–Crippen MR) is 105 cm³/mol. The monoisotopic (exact) mass is 362 g/mol. The highest BCUT2D eigenvalue weighted by Crippen LogP contribution is 2.25. The first-order chi connectivity index (χ1) is 12.4. The molecule has 0 aliphatic heterocycles. The summed E-state index contributed by atoms with van der Waals surface area (Å²) in [6, 6.07) is 2.92. The smallest absolute Gasteiger partial charge is 0.335 e. The van der Waals surface area contributed by atoms with Gasteiger partial charge < -0.3 is 10.2 Å². The van der Waals surface area contributed by atoms with Gasteiger partial charge in [-0.25, -0.2) is 9.59 Å². The van der Waals surface area contributed by atoms with Crippen LogP contribution in [0.3, 0.4) is 0 Å². The van der Waals surface area contributed by atoms with Gasteiger partial charge in [0.05, 0.1) is 11.1 Å². The lowest BCUT2D eigenvalue weighted by Crippen LogP contribution is -2.12. The summed E-state index contributed by atoms with van der Waals surface area (Å²) in [5.74, 6) is -1.22. The summed E-state index contributed by atoms with van der Waals surface area (Å²) in [7, 11) is 0. The van der Waals surface area contributed by atoms with Crippen LogP contribution >= 0.6 is 0 Å². The zero-order valence-corrected chi connectivity index (χ0v) is 16.5. The van der Waals surface area contributed by atoms with Crippen molar-refractivity contribution in [2.24, 2.45) is 5.92 Å². The molecule has 1 aromatic carbocycles. The highest BCUT2D eigenvalue weighted by atomic mass is 16.4. The lowest BCUT2D eigenvalue weighted by molar-refractivity contribution is 0.0679. The van der Waals surface area contributed by atoms with Gasteiger partial charge in [0.25, 0.3) is 0 Å². The van der Waals surface area contributed by atoms with Crippen LogP contribution in [0.2, 0.25) is 0 Å². The summed E-state index contributed by atoms with van der Waals surface area (Å²) >= 11 is 0. The maximum atomic E-state index is 11.6. The number of rotatable bonds is 13. The lowest BCUT2D eigenvalue weighted by atomic mass is 9.89. The minimum absolute atomic E-state index is 0.265. The van der Waals surface area contributed by atoms with E-state index in [4.69, 9.17) is 0 Å². The van der Waals surface area contributed by atoms with Crippen LogP contribution < -0.4 is 0 Å². The van der Waals surface area contributed by atoms with Crippen molar-refractivity contribution in [3.63, 3.8) is 0 Å². The van der Waals surface area contributed by atoms with Gasteiger partial charge in [0.1, 0.15) is 0 Å². The molecule has 0 unspecified atom stereocenters. The molecule has 0 radical (unpaired) electrons. The van der Waals surface area contributed by atoms with Gasteiger partial charge in [-0.1, -0.05) is 59.3 Å². The van der Waals surface area contributed by atoms with Crippen LogP contribution in [0, 0.1) is 5.92 Å². The van der Waals surface area contributed by atoms with Crippen LogP contribution in [0.5, 0.6) is 0 Å². The first-order valence-electron chi connectivity index (χ1n) is 9.99. The molecule has 4 heteroatoms. The Morgan fingerprint density at radius 2 is 1.27 bits per heavy atom. The Morgan fingerprint density at radius 3 is 1.69 bits per heavy atom. The van der Waals surface area contributed by atoms with Gasteiger partial charge in [-0.05, 0) is 54.9 Å². The molecule has 1 rings (SSSR count). The van der Waals surface area contributed by atoms with E-state index in [1.54, 1.807) is 0 Å². The van der Waals surface area contributed by atoms with E-state index in [9.17, 15) is 19.8 Å². The standard InChI is InChI=1S/C22H34O4/c1-4-5-8-12-17-18(13-10-7-6-9-11-16(2)3)20(22(25)26)15-14-19(17)21(23)24/h14-16H,4-13H2,1-3H3,(H,23,24)(H,25,26). The van der Waals surface area contributed by atoms with E-state index in [0.29, 0.717) is 18.8 Å². The van der Waals surface area contributed by atoms with Crippen LogP contribution in [-0.2, 0) is 12.8 Å². The molecule has 146 valence electrons. The van der Waals surface area contributed by atoms with E-state index in [2.05, 4.69) is 20.8 Å². The maximum Gasteiger partial charge on any atom is 0.335 e. The average Bonchev–Trinajstić information content (AvgIpc) is 2.57. The third-order valence-corrected chi connectivity index (χ3v) is 4.88. The summed E-state index contributed by atoms with van der Waals surface area (Å²) in [5.41, 5.74) is 2.00. The summed E-state index contributed by atoms with van der Waals surface area (Å²) in [6.07, 6.45) is 9.76. The Morgan fingerprint density at radius 1 is 0.808 bits per heavy atom. The normalized spacial score (nSPS) is 11.1. The van der Waals surface area contributed by atoms with Crippen molar-refractivity contribution in [3.8, 4) is 0 Å². The van der Waals surface area contributed by atoms with E-state index < -0.39 is 11.9 Å². The molecule has 0 aromatic heterocycles. The van der Waals surface area contributed by atoms with Gasteiger partial charge in [-0.15, -0.1) is 0 Å². The Hall–Kier alpha value is -1.84. The van der Waals surface area contributed by atoms with Crippen molar-refractivity contribution in [1.82, 2.24) is 0 Å². The first-order valence-corrected chi connectivity index (χ1v) is 9.99. The van der Waals surface area contributed by atoms with E-state index in [-0.39, 0.29) is 11.1 Å². The Labute approximate surface area is 157 Å². The molecule has 0 aliphatic rings. The number of unbranched alkanes of at least 4 members (excludes halogenated alkanes) is 5. The molecule has 0 atom stereocenters. The van der Waals surface area contributed by atoms with Crippen LogP contribution in [0.25, 0.3) is 0 Å². The molecule has 0 bridgehead atoms. The van der Waals surface area contributed by atoms with Crippen molar-refractivity contribution < 1.29 is 19.8 Å². The summed E-state index contributed by atoms with van der Waals surface area (Å²) in [6.45, 7) is 6.54. The molecule has 0 fully saturated rings. The van der Waals surface area contributed by atoms with E-state index in [1.807, 2.05) is 0 Å². The molecular weight excluding hydrogens is 328 g/mol. The largest absolute Gasteiger partial charge is 0.478 e. The third-order valence-electron chi connectivity index (χ3n) is 4.88. The minimum Gasteiger partial charge on any atom is -0.478 e. The zero-order valence-electron chi connectivity index (χ0n) is 16.5. The van der Waals surface area contributed by atoms with Gasteiger partial charge in [0.2, 0.25) is 0 Å². The second-order valence-electron chi connectivity index (χ2n) is 7.53. The van der Waals surface area contributed by atoms with Crippen molar-refractivity contribution in [3.05, 3.63) is 34.4 Å². The second kappa shape index (κ2) is 11.7. The molecule has 0 amide bonds. The van der Waals surface area contributed by atoms with Crippen LogP contribution in [0.15, 0.2) is 12.1 Å². The van der Waals surface area contributed by atoms with Crippen LogP contribution in [0.1, 0.15) is 104 Å². The SMILES string of the molecule is CCCCCc1c(C(=O)O)ccc(C(=O)O)c1CCCCCCC(C)C. The molecular formula is C22H34O4. The summed E-state index contributed by atoms with van der Waals surface area (Å²) < 4.78 is 0. The fourth-order valence-corrected chi connectivity index (χ4v) is 3.42. The first kappa shape index (κ1) is 22.2. The van der Waals surface area contributed by atoms with Crippen LogP contribution in [0.4, 0.5) is 0 Å². The number of carboxylic acids is 2. The minimum atomic E-state index is -0.966. The highest BCUT2D eigenvalue weighted by Gasteiger charge is 2.20. The van der Waals surface area contributed by atoms with Crippen LogP contribution in [-0.4, -0.2) is 22.2 Å². The zero-order chi connectivity index (χ0) is 19.5. The Kier molecular flexibility index (Phi) is 10.0. The van der Waals surface area contributed by atoms with Crippen molar-refractivity contribution in [2.75, 3.05) is 0 Å². The number of hydrogen-bond donors (Lipinski definition) is 2. The number of carbonyl (C=O) groups is 2. The molecule has 0 heterocycles. The summed E-state index contributed by atoms with van der Waals surface area (Å²) in [5, 5.41) is 19.1. The van der Waals surface area contributed by atoms with Gasteiger partial charge in [-0.3, -0.25) is 0 Å². The quantitative estimate of drug-likeness (QED) is 0.424. The van der Waals surface area contributed by atoms with Gasteiger partial charge in [-0.2, -0.15) is 0 Å².